The Hall–Kier alpha value is -1.84. The number of aromatic amines is 1. The summed E-state index contributed by atoms with van der Waals surface area (Å²) < 4.78 is 13.7. The summed E-state index contributed by atoms with van der Waals surface area (Å²) >= 11 is 0. The maximum Gasteiger partial charge on any atom is 0.284 e. The van der Waals surface area contributed by atoms with Gasteiger partial charge in [-0.1, -0.05) is 13.3 Å². The zero-order chi connectivity index (χ0) is 11.7. The quantitative estimate of drug-likeness (QED) is 0.762. The van der Waals surface area contributed by atoms with Gasteiger partial charge < -0.3 is 10.7 Å². The normalized spacial score (nSPS) is 10.9. The monoisotopic (exact) mass is 220 g/mol. The molecule has 0 spiro atoms. The van der Waals surface area contributed by atoms with E-state index in [0.29, 0.717) is 28.6 Å². The first-order valence-corrected chi connectivity index (χ1v) is 5.23. The van der Waals surface area contributed by atoms with Crippen LogP contribution in [0.5, 0.6) is 0 Å². The molecular formula is C12H13FN2O. The van der Waals surface area contributed by atoms with Crippen molar-refractivity contribution in [3.05, 3.63) is 39.9 Å². The van der Waals surface area contributed by atoms with Crippen LogP contribution in [-0.2, 0) is 6.42 Å². The van der Waals surface area contributed by atoms with Crippen molar-refractivity contribution in [2.75, 3.05) is 5.73 Å². The number of aromatic nitrogens is 1. The van der Waals surface area contributed by atoms with Crippen molar-refractivity contribution < 1.29 is 4.39 Å². The number of rotatable bonds is 2. The summed E-state index contributed by atoms with van der Waals surface area (Å²) in [6.45, 7) is 1.94. The van der Waals surface area contributed by atoms with Gasteiger partial charge in [-0.3, -0.25) is 4.79 Å². The molecule has 0 amide bonds. The number of benzene rings is 1. The highest BCUT2D eigenvalue weighted by molar-refractivity contribution is 5.85. The minimum atomic E-state index is -0.694. The smallest absolute Gasteiger partial charge is 0.284 e. The van der Waals surface area contributed by atoms with Gasteiger partial charge in [0.2, 0.25) is 0 Å². The van der Waals surface area contributed by atoms with E-state index < -0.39 is 11.4 Å². The second-order valence-electron chi connectivity index (χ2n) is 3.80. The number of hydrogen-bond acceptors (Lipinski definition) is 2. The van der Waals surface area contributed by atoms with Crippen molar-refractivity contribution in [1.29, 1.82) is 0 Å². The van der Waals surface area contributed by atoms with Gasteiger partial charge >= 0.3 is 0 Å². The number of halogens is 1. The average Bonchev–Trinajstić information content (AvgIpc) is 2.26. The number of anilines is 1. The molecule has 0 unspecified atom stereocenters. The van der Waals surface area contributed by atoms with Crippen LogP contribution in [0.15, 0.2) is 23.0 Å². The SMILES string of the molecule is CCCc1c(F)c(=O)[nH]c2ccc(N)cc12. The molecule has 0 aliphatic rings. The first kappa shape index (κ1) is 10.7. The summed E-state index contributed by atoms with van der Waals surface area (Å²) in [7, 11) is 0. The topological polar surface area (TPSA) is 58.9 Å². The van der Waals surface area contributed by atoms with Gasteiger partial charge in [-0.15, -0.1) is 0 Å². The molecule has 0 atom stereocenters. The summed E-state index contributed by atoms with van der Waals surface area (Å²) in [6.07, 6.45) is 1.32. The molecule has 0 fully saturated rings. The van der Waals surface area contributed by atoms with E-state index in [1.165, 1.54) is 0 Å². The van der Waals surface area contributed by atoms with Crippen LogP contribution >= 0.6 is 0 Å². The first-order valence-electron chi connectivity index (χ1n) is 5.23. The maximum atomic E-state index is 13.7. The Morgan fingerprint density at radius 2 is 2.19 bits per heavy atom. The van der Waals surface area contributed by atoms with Crippen LogP contribution < -0.4 is 11.3 Å². The van der Waals surface area contributed by atoms with Crippen LogP contribution in [-0.4, -0.2) is 4.98 Å². The van der Waals surface area contributed by atoms with E-state index in [4.69, 9.17) is 5.73 Å². The molecule has 2 aromatic rings. The molecule has 16 heavy (non-hydrogen) atoms. The Bertz CT molecular complexity index is 589. The number of H-pyrrole nitrogens is 1. The van der Waals surface area contributed by atoms with Crippen molar-refractivity contribution in [3.63, 3.8) is 0 Å². The van der Waals surface area contributed by atoms with Crippen molar-refractivity contribution in [1.82, 2.24) is 4.98 Å². The summed E-state index contributed by atoms with van der Waals surface area (Å²) in [5.74, 6) is -0.694. The second-order valence-corrected chi connectivity index (χ2v) is 3.80. The third-order valence-corrected chi connectivity index (χ3v) is 2.58. The number of fused-ring (bicyclic) bond motifs is 1. The van der Waals surface area contributed by atoms with E-state index >= 15 is 0 Å². The standard InChI is InChI=1S/C12H13FN2O/c1-2-3-8-9-6-7(14)4-5-10(9)15-12(16)11(8)13/h4-6H,2-3,14H2,1H3,(H,15,16). The molecule has 1 heterocycles. The summed E-state index contributed by atoms with van der Waals surface area (Å²) in [5, 5.41) is 0.693. The predicted octanol–water partition coefficient (Wildman–Crippen LogP) is 2.20. The summed E-state index contributed by atoms with van der Waals surface area (Å²) in [6, 6.07) is 5.08. The number of nitrogens with two attached hydrogens (primary N) is 1. The van der Waals surface area contributed by atoms with Crippen LogP contribution in [0.1, 0.15) is 18.9 Å². The molecule has 0 aliphatic carbocycles. The van der Waals surface area contributed by atoms with Gasteiger partial charge in [-0.2, -0.15) is 0 Å². The third-order valence-electron chi connectivity index (χ3n) is 2.58. The highest BCUT2D eigenvalue weighted by atomic mass is 19.1. The molecule has 2 rings (SSSR count). The fourth-order valence-electron chi connectivity index (χ4n) is 1.85. The van der Waals surface area contributed by atoms with Crippen LogP contribution in [0.2, 0.25) is 0 Å². The van der Waals surface area contributed by atoms with Crippen molar-refractivity contribution in [2.45, 2.75) is 19.8 Å². The lowest BCUT2D eigenvalue weighted by molar-refractivity contribution is 0.593. The second kappa shape index (κ2) is 3.96. The highest BCUT2D eigenvalue weighted by Gasteiger charge is 2.11. The van der Waals surface area contributed by atoms with Gasteiger partial charge in [-0.05, 0) is 24.6 Å². The largest absolute Gasteiger partial charge is 0.399 e. The van der Waals surface area contributed by atoms with Gasteiger partial charge in [0, 0.05) is 22.2 Å². The maximum absolute atomic E-state index is 13.7. The van der Waals surface area contributed by atoms with E-state index in [-0.39, 0.29) is 0 Å². The minimum absolute atomic E-state index is 0.452. The summed E-state index contributed by atoms with van der Waals surface area (Å²) in [5.41, 5.74) is 6.64. The molecule has 84 valence electrons. The lowest BCUT2D eigenvalue weighted by atomic mass is 10.0. The molecule has 3 nitrogen and oxygen atoms in total. The zero-order valence-electron chi connectivity index (χ0n) is 9.01. The Labute approximate surface area is 92.1 Å². The average molecular weight is 220 g/mol. The molecule has 3 N–H and O–H groups in total. The van der Waals surface area contributed by atoms with Gasteiger partial charge in [0.25, 0.3) is 5.56 Å². The Morgan fingerprint density at radius 3 is 2.88 bits per heavy atom. The van der Waals surface area contributed by atoms with Gasteiger partial charge in [0.05, 0.1) is 0 Å². The molecule has 0 aliphatic heterocycles. The van der Waals surface area contributed by atoms with Crippen LogP contribution in [0, 0.1) is 5.82 Å². The Morgan fingerprint density at radius 1 is 1.44 bits per heavy atom. The van der Waals surface area contributed by atoms with Crippen LogP contribution in [0.4, 0.5) is 10.1 Å². The fourth-order valence-corrected chi connectivity index (χ4v) is 1.85. The van der Waals surface area contributed by atoms with Crippen LogP contribution in [0.25, 0.3) is 10.9 Å². The van der Waals surface area contributed by atoms with E-state index in [2.05, 4.69) is 4.98 Å². The van der Waals surface area contributed by atoms with Crippen molar-refractivity contribution in [2.24, 2.45) is 0 Å². The lowest BCUT2D eigenvalue weighted by Crippen LogP contribution is -2.14. The molecule has 0 radical (unpaired) electrons. The highest BCUT2D eigenvalue weighted by Crippen LogP contribution is 2.21. The number of hydrogen-bond donors (Lipinski definition) is 2. The lowest BCUT2D eigenvalue weighted by Gasteiger charge is -2.07. The van der Waals surface area contributed by atoms with E-state index in [0.717, 1.165) is 6.42 Å². The fraction of sp³-hybridized carbons (Fsp3) is 0.250. The Kier molecular flexibility index (Phi) is 2.64. The Balaban J connectivity index is 2.85. The van der Waals surface area contributed by atoms with Crippen molar-refractivity contribution in [3.8, 4) is 0 Å². The molecule has 1 aromatic carbocycles. The molecular weight excluding hydrogens is 207 g/mol. The molecule has 0 saturated carbocycles. The van der Waals surface area contributed by atoms with E-state index in [9.17, 15) is 9.18 Å². The van der Waals surface area contributed by atoms with Crippen LogP contribution in [0.3, 0.4) is 0 Å². The summed E-state index contributed by atoms with van der Waals surface area (Å²) in [4.78, 5) is 13.8. The van der Waals surface area contributed by atoms with E-state index in [1.54, 1.807) is 18.2 Å². The van der Waals surface area contributed by atoms with Crippen molar-refractivity contribution >= 4 is 16.6 Å². The van der Waals surface area contributed by atoms with Gasteiger partial charge in [0.1, 0.15) is 0 Å². The molecule has 0 saturated heterocycles. The molecule has 1 aromatic heterocycles. The number of pyridine rings is 1. The minimum Gasteiger partial charge on any atom is -0.399 e. The third kappa shape index (κ3) is 1.66. The molecule has 0 bridgehead atoms. The number of nitrogen functional groups attached to an aromatic ring is 1. The van der Waals surface area contributed by atoms with Gasteiger partial charge in [-0.25, -0.2) is 4.39 Å². The van der Waals surface area contributed by atoms with E-state index in [1.807, 2.05) is 6.92 Å². The first-order chi connectivity index (χ1) is 7.63. The predicted molar refractivity (Wildman–Crippen MR) is 62.9 cm³/mol. The number of nitrogens with one attached hydrogen (secondary N) is 1. The van der Waals surface area contributed by atoms with Gasteiger partial charge in [0.15, 0.2) is 5.82 Å². The zero-order valence-corrected chi connectivity index (χ0v) is 9.01. The number of aryl methyl sites for hydroxylation is 1. The molecule has 4 heteroatoms.